The van der Waals surface area contributed by atoms with Gasteiger partial charge in [-0.05, 0) is 19.3 Å². The van der Waals surface area contributed by atoms with Crippen LogP contribution in [0.3, 0.4) is 0 Å². The summed E-state index contributed by atoms with van der Waals surface area (Å²) in [5, 5.41) is 4.30. The maximum absolute atomic E-state index is 5.88. The molecule has 0 amide bonds. The number of ether oxygens (including phenoxy) is 1. The Labute approximate surface area is 96.2 Å². The van der Waals surface area contributed by atoms with Crippen LogP contribution < -0.4 is 10.6 Å². The molecule has 16 heavy (non-hydrogen) atoms. The summed E-state index contributed by atoms with van der Waals surface area (Å²) in [5.41, 5.74) is 6.60. The lowest BCUT2D eigenvalue weighted by atomic mass is 10.1. The Kier molecular flexibility index (Phi) is 3.33. The van der Waals surface area contributed by atoms with Gasteiger partial charge in [0.1, 0.15) is 5.82 Å². The van der Waals surface area contributed by atoms with E-state index in [1.165, 1.54) is 12.8 Å². The highest BCUT2D eigenvalue weighted by molar-refractivity contribution is 5.61. The first-order valence-corrected chi connectivity index (χ1v) is 5.78. The zero-order chi connectivity index (χ0) is 11.5. The van der Waals surface area contributed by atoms with Crippen LogP contribution in [0.2, 0.25) is 0 Å². The fourth-order valence-electron chi connectivity index (χ4n) is 2.16. The molecule has 2 N–H and O–H groups in total. The van der Waals surface area contributed by atoms with Crippen LogP contribution in [-0.4, -0.2) is 36.6 Å². The number of hydrogen-bond donors (Lipinski definition) is 1. The molecule has 5 nitrogen and oxygen atoms in total. The minimum Gasteiger partial charge on any atom is -0.394 e. The molecule has 2 rings (SSSR count). The molecule has 0 spiro atoms. The number of anilines is 2. The molecule has 1 unspecified atom stereocenters. The van der Waals surface area contributed by atoms with Crippen LogP contribution in [0.5, 0.6) is 0 Å². The summed E-state index contributed by atoms with van der Waals surface area (Å²) in [5.74, 6) is 0.967. The number of nitrogens with zero attached hydrogens (tertiary/aromatic N) is 3. The summed E-state index contributed by atoms with van der Waals surface area (Å²) >= 11 is 0. The first-order chi connectivity index (χ1) is 7.68. The topological polar surface area (TPSA) is 56.3 Å². The largest absolute Gasteiger partial charge is 0.394 e. The van der Waals surface area contributed by atoms with E-state index in [2.05, 4.69) is 5.10 Å². The molecule has 1 atom stereocenters. The Balaban J connectivity index is 2.08. The first-order valence-electron chi connectivity index (χ1n) is 5.78. The molecule has 90 valence electrons. The fourth-order valence-corrected chi connectivity index (χ4v) is 2.16. The molecule has 0 radical (unpaired) electrons. The van der Waals surface area contributed by atoms with E-state index in [4.69, 9.17) is 10.5 Å². The second-order valence-electron chi connectivity index (χ2n) is 4.49. The number of nitrogen functional groups attached to an aromatic ring is 1. The molecule has 0 bridgehead atoms. The van der Waals surface area contributed by atoms with Gasteiger partial charge in [0, 0.05) is 20.7 Å². The van der Waals surface area contributed by atoms with Gasteiger partial charge in [-0.25, -0.2) is 4.68 Å². The third kappa shape index (κ3) is 2.29. The number of nitrogens with two attached hydrogens (primary N) is 1. The van der Waals surface area contributed by atoms with Crippen molar-refractivity contribution in [2.45, 2.75) is 31.9 Å². The predicted molar refractivity (Wildman–Crippen MR) is 64.6 cm³/mol. The van der Waals surface area contributed by atoms with Gasteiger partial charge in [0.2, 0.25) is 0 Å². The van der Waals surface area contributed by atoms with Crippen LogP contribution in [0, 0.1) is 0 Å². The molecular formula is C11H20N4O. The van der Waals surface area contributed by atoms with Crippen molar-refractivity contribution in [1.29, 1.82) is 0 Å². The number of rotatable bonds is 3. The van der Waals surface area contributed by atoms with Crippen LogP contribution in [0.4, 0.5) is 11.5 Å². The Hall–Kier alpha value is -1.23. The van der Waals surface area contributed by atoms with Gasteiger partial charge in [-0.15, -0.1) is 0 Å². The summed E-state index contributed by atoms with van der Waals surface area (Å²) in [4.78, 5) is 1.99. The molecule has 1 aliphatic heterocycles. The van der Waals surface area contributed by atoms with E-state index >= 15 is 0 Å². The predicted octanol–water partition coefficient (Wildman–Crippen LogP) is 1.10. The van der Waals surface area contributed by atoms with Crippen LogP contribution in [0.15, 0.2) is 6.20 Å². The summed E-state index contributed by atoms with van der Waals surface area (Å²) < 4.78 is 7.64. The summed E-state index contributed by atoms with van der Waals surface area (Å²) in [7, 11) is 3.96. The van der Waals surface area contributed by atoms with Gasteiger partial charge in [0.15, 0.2) is 0 Å². The lowest BCUT2D eigenvalue weighted by molar-refractivity contribution is 0.00427. The zero-order valence-corrected chi connectivity index (χ0v) is 10.0. The molecule has 1 aliphatic rings. The monoisotopic (exact) mass is 224 g/mol. The lowest BCUT2D eigenvalue weighted by Gasteiger charge is -2.24. The molecule has 0 saturated carbocycles. The molecule has 0 aliphatic carbocycles. The average Bonchev–Trinajstić information content (AvgIpc) is 2.61. The SMILES string of the molecule is CN(C)c1c(N)cnn1CC1CCCCO1. The highest BCUT2D eigenvalue weighted by atomic mass is 16.5. The van der Waals surface area contributed by atoms with Crippen molar-refractivity contribution >= 4 is 11.5 Å². The Morgan fingerprint density at radius 2 is 2.38 bits per heavy atom. The summed E-state index contributed by atoms with van der Waals surface area (Å²) in [6, 6.07) is 0. The lowest BCUT2D eigenvalue weighted by Crippen LogP contribution is -2.27. The van der Waals surface area contributed by atoms with Crippen molar-refractivity contribution in [2.24, 2.45) is 0 Å². The first kappa shape index (κ1) is 11.3. The molecule has 5 heteroatoms. The van der Waals surface area contributed by atoms with Gasteiger partial charge >= 0.3 is 0 Å². The number of hydrogen-bond acceptors (Lipinski definition) is 4. The van der Waals surface area contributed by atoms with E-state index in [1.807, 2.05) is 23.7 Å². The van der Waals surface area contributed by atoms with E-state index in [0.717, 1.165) is 31.1 Å². The van der Waals surface area contributed by atoms with Gasteiger partial charge in [-0.1, -0.05) is 0 Å². The molecule has 1 saturated heterocycles. The molecule has 1 aromatic rings. The zero-order valence-electron chi connectivity index (χ0n) is 10.0. The Morgan fingerprint density at radius 3 is 3.00 bits per heavy atom. The minimum atomic E-state index is 0.284. The summed E-state index contributed by atoms with van der Waals surface area (Å²) in [6.07, 6.45) is 5.54. The van der Waals surface area contributed by atoms with E-state index in [0.29, 0.717) is 0 Å². The smallest absolute Gasteiger partial charge is 0.149 e. The van der Waals surface area contributed by atoms with E-state index in [9.17, 15) is 0 Å². The average molecular weight is 224 g/mol. The Morgan fingerprint density at radius 1 is 1.56 bits per heavy atom. The van der Waals surface area contributed by atoms with Crippen LogP contribution in [-0.2, 0) is 11.3 Å². The third-order valence-electron chi connectivity index (χ3n) is 2.91. The van der Waals surface area contributed by atoms with Gasteiger partial charge < -0.3 is 15.4 Å². The second-order valence-corrected chi connectivity index (χ2v) is 4.49. The van der Waals surface area contributed by atoms with Crippen molar-refractivity contribution in [3.63, 3.8) is 0 Å². The molecule has 0 aromatic carbocycles. The van der Waals surface area contributed by atoms with E-state index in [-0.39, 0.29) is 6.10 Å². The maximum Gasteiger partial charge on any atom is 0.149 e. The van der Waals surface area contributed by atoms with Crippen molar-refractivity contribution in [2.75, 3.05) is 31.3 Å². The van der Waals surface area contributed by atoms with Crippen molar-refractivity contribution in [1.82, 2.24) is 9.78 Å². The van der Waals surface area contributed by atoms with Crippen LogP contribution >= 0.6 is 0 Å². The number of aromatic nitrogens is 2. The van der Waals surface area contributed by atoms with Crippen molar-refractivity contribution in [3.8, 4) is 0 Å². The Bertz CT molecular complexity index is 342. The normalized spacial score (nSPS) is 21.0. The van der Waals surface area contributed by atoms with Crippen molar-refractivity contribution < 1.29 is 4.74 Å². The van der Waals surface area contributed by atoms with Gasteiger partial charge in [-0.3, -0.25) is 0 Å². The fraction of sp³-hybridized carbons (Fsp3) is 0.727. The maximum atomic E-state index is 5.88. The minimum absolute atomic E-state index is 0.284. The molecule has 2 heterocycles. The van der Waals surface area contributed by atoms with Gasteiger partial charge in [-0.2, -0.15) is 5.10 Å². The third-order valence-corrected chi connectivity index (χ3v) is 2.91. The quantitative estimate of drug-likeness (QED) is 0.835. The molecular weight excluding hydrogens is 204 g/mol. The van der Waals surface area contributed by atoms with Crippen molar-refractivity contribution in [3.05, 3.63) is 6.20 Å². The van der Waals surface area contributed by atoms with Crippen LogP contribution in [0.25, 0.3) is 0 Å². The van der Waals surface area contributed by atoms with E-state index in [1.54, 1.807) is 6.20 Å². The molecule has 1 fully saturated rings. The van der Waals surface area contributed by atoms with E-state index < -0.39 is 0 Å². The highest BCUT2D eigenvalue weighted by Crippen LogP contribution is 2.22. The second kappa shape index (κ2) is 4.74. The summed E-state index contributed by atoms with van der Waals surface area (Å²) in [6.45, 7) is 1.67. The standard InChI is InChI=1S/C11H20N4O/c1-14(2)11-10(12)7-13-15(11)8-9-5-3-4-6-16-9/h7,9H,3-6,8,12H2,1-2H3. The molecule has 1 aromatic heterocycles. The van der Waals surface area contributed by atoms with Gasteiger partial charge in [0.25, 0.3) is 0 Å². The van der Waals surface area contributed by atoms with Crippen LogP contribution in [0.1, 0.15) is 19.3 Å². The van der Waals surface area contributed by atoms with Gasteiger partial charge in [0.05, 0.1) is 24.5 Å². The highest BCUT2D eigenvalue weighted by Gasteiger charge is 2.18.